The van der Waals surface area contributed by atoms with E-state index < -0.39 is 17.8 Å². The molecule has 0 aromatic heterocycles. The Hall–Kier alpha value is -3.29. The van der Waals surface area contributed by atoms with Gasteiger partial charge in [0.05, 0.1) is 18.4 Å². The fourth-order valence-electron chi connectivity index (χ4n) is 2.31. The third-order valence-corrected chi connectivity index (χ3v) is 3.46. The van der Waals surface area contributed by atoms with Gasteiger partial charge in [-0.3, -0.25) is 10.1 Å². The Bertz CT molecular complexity index is 825. The Labute approximate surface area is 142 Å². The van der Waals surface area contributed by atoms with Crippen LogP contribution in [0.4, 0.5) is 20.6 Å². The van der Waals surface area contributed by atoms with Crippen LogP contribution < -0.4 is 20.1 Å². The van der Waals surface area contributed by atoms with E-state index in [0.29, 0.717) is 36.0 Å². The number of hydrogen-bond acceptors (Lipinski definition) is 5. The first kappa shape index (κ1) is 16.6. The summed E-state index contributed by atoms with van der Waals surface area (Å²) in [6.45, 7) is 0.764. The highest BCUT2D eigenvalue weighted by Gasteiger charge is 2.20. The first-order valence-electron chi connectivity index (χ1n) is 7.43. The largest absolute Gasteiger partial charge is 0.486 e. The van der Waals surface area contributed by atoms with Crippen molar-refractivity contribution in [2.45, 2.75) is 0 Å². The lowest BCUT2D eigenvalue weighted by atomic mass is 10.1. The summed E-state index contributed by atoms with van der Waals surface area (Å²) in [4.78, 5) is 23.7. The average Bonchev–Trinajstić information content (AvgIpc) is 2.63. The van der Waals surface area contributed by atoms with Crippen LogP contribution in [0, 0.1) is 5.82 Å². The van der Waals surface area contributed by atoms with Crippen LogP contribution in [0.2, 0.25) is 0 Å². The lowest BCUT2D eigenvalue weighted by Crippen LogP contribution is -2.20. The molecular weight excluding hydrogens is 331 g/mol. The number of rotatable bonds is 3. The number of carbonyl (C=O) groups is 2. The quantitative estimate of drug-likeness (QED) is 0.892. The molecular formula is C17H15FN2O5. The molecule has 7 nitrogen and oxygen atoms in total. The monoisotopic (exact) mass is 346 g/mol. The molecule has 0 atom stereocenters. The zero-order valence-corrected chi connectivity index (χ0v) is 13.3. The van der Waals surface area contributed by atoms with Gasteiger partial charge >= 0.3 is 6.09 Å². The highest BCUT2D eigenvalue weighted by Crippen LogP contribution is 2.34. The minimum Gasteiger partial charge on any atom is -0.486 e. The van der Waals surface area contributed by atoms with Crippen molar-refractivity contribution < 1.29 is 28.2 Å². The van der Waals surface area contributed by atoms with Crippen molar-refractivity contribution in [1.29, 1.82) is 0 Å². The molecule has 1 aliphatic heterocycles. The molecule has 0 saturated carbocycles. The summed E-state index contributed by atoms with van der Waals surface area (Å²) in [7, 11) is 1.17. The Morgan fingerprint density at radius 3 is 2.72 bits per heavy atom. The second kappa shape index (κ2) is 7.08. The number of carbonyl (C=O) groups excluding carboxylic acids is 2. The van der Waals surface area contributed by atoms with Gasteiger partial charge in [-0.25, -0.2) is 9.18 Å². The summed E-state index contributed by atoms with van der Waals surface area (Å²) in [6, 6.07) is 8.78. The molecule has 0 spiro atoms. The van der Waals surface area contributed by atoms with Crippen molar-refractivity contribution >= 4 is 23.4 Å². The second-order valence-electron chi connectivity index (χ2n) is 5.10. The fraction of sp³-hybridized carbons (Fsp3) is 0.176. The zero-order chi connectivity index (χ0) is 17.8. The van der Waals surface area contributed by atoms with Gasteiger partial charge in [-0.2, -0.15) is 0 Å². The number of para-hydroxylation sites is 1. The Morgan fingerprint density at radius 2 is 1.92 bits per heavy atom. The predicted octanol–water partition coefficient (Wildman–Crippen LogP) is 3.03. The van der Waals surface area contributed by atoms with Gasteiger partial charge in [0.2, 0.25) is 0 Å². The maximum atomic E-state index is 13.7. The Kier molecular flexibility index (Phi) is 4.69. The van der Waals surface area contributed by atoms with Crippen LogP contribution in [-0.2, 0) is 4.74 Å². The van der Waals surface area contributed by atoms with E-state index in [9.17, 15) is 14.0 Å². The summed E-state index contributed by atoms with van der Waals surface area (Å²) >= 11 is 0. The highest BCUT2D eigenvalue weighted by molar-refractivity contribution is 6.07. The third kappa shape index (κ3) is 3.63. The van der Waals surface area contributed by atoms with Crippen LogP contribution in [0.3, 0.4) is 0 Å². The SMILES string of the molecule is COC(=O)Nc1cc(NC(=O)c2cccc3c2OCCO3)ccc1F. The molecule has 2 amide bonds. The van der Waals surface area contributed by atoms with Crippen LogP contribution in [0.1, 0.15) is 10.4 Å². The van der Waals surface area contributed by atoms with Gasteiger partial charge in [0.1, 0.15) is 19.0 Å². The molecule has 2 aromatic carbocycles. The van der Waals surface area contributed by atoms with Crippen LogP contribution in [0.15, 0.2) is 36.4 Å². The van der Waals surface area contributed by atoms with Gasteiger partial charge in [0.15, 0.2) is 11.5 Å². The number of ether oxygens (including phenoxy) is 3. The van der Waals surface area contributed by atoms with Crippen LogP contribution in [0.5, 0.6) is 11.5 Å². The molecule has 0 saturated heterocycles. The molecule has 2 N–H and O–H groups in total. The molecule has 0 fully saturated rings. The number of methoxy groups -OCH3 is 1. The number of hydrogen-bond donors (Lipinski definition) is 2. The molecule has 0 unspecified atom stereocenters. The zero-order valence-electron chi connectivity index (χ0n) is 13.3. The molecule has 25 heavy (non-hydrogen) atoms. The van der Waals surface area contributed by atoms with Gasteiger partial charge in [-0.15, -0.1) is 0 Å². The maximum Gasteiger partial charge on any atom is 0.411 e. The minimum absolute atomic E-state index is 0.112. The van der Waals surface area contributed by atoms with E-state index in [4.69, 9.17) is 9.47 Å². The Morgan fingerprint density at radius 1 is 1.12 bits per heavy atom. The molecule has 0 radical (unpaired) electrons. The number of benzene rings is 2. The predicted molar refractivity (Wildman–Crippen MR) is 87.8 cm³/mol. The smallest absolute Gasteiger partial charge is 0.411 e. The van der Waals surface area contributed by atoms with E-state index in [2.05, 4.69) is 15.4 Å². The molecule has 3 rings (SSSR count). The lowest BCUT2D eigenvalue weighted by molar-refractivity contribution is 0.101. The van der Waals surface area contributed by atoms with E-state index in [0.717, 1.165) is 6.07 Å². The number of fused-ring (bicyclic) bond motifs is 1. The van der Waals surface area contributed by atoms with Crippen molar-refractivity contribution in [3.63, 3.8) is 0 Å². The van der Waals surface area contributed by atoms with Gasteiger partial charge in [0.25, 0.3) is 5.91 Å². The van der Waals surface area contributed by atoms with Crippen molar-refractivity contribution in [3.05, 3.63) is 47.8 Å². The number of halogens is 1. The normalized spacial score (nSPS) is 12.2. The topological polar surface area (TPSA) is 85.9 Å². The van der Waals surface area contributed by atoms with Gasteiger partial charge in [-0.1, -0.05) is 6.07 Å². The first-order chi connectivity index (χ1) is 12.1. The van der Waals surface area contributed by atoms with E-state index in [1.54, 1.807) is 18.2 Å². The number of anilines is 2. The highest BCUT2D eigenvalue weighted by atomic mass is 19.1. The van der Waals surface area contributed by atoms with Gasteiger partial charge in [0, 0.05) is 5.69 Å². The molecule has 1 heterocycles. The summed E-state index contributed by atoms with van der Waals surface area (Å²) < 4.78 is 29.1. The van der Waals surface area contributed by atoms with Crippen molar-refractivity contribution in [2.75, 3.05) is 31.0 Å². The first-order valence-corrected chi connectivity index (χ1v) is 7.43. The van der Waals surface area contributed by atoms with E-state index in [1.165, 1.54) is 19.2 Å². The summed E-state index contributed by atoms with van der Waals surface area (Å²) in [5, 5.41) is 4.87. The molecule has 8 heteroatoms. The average molecular weight is 346 g/mol. The summed E-state index contributed by atoms with van der Waals surface area (Å²) in [5.41, 5.74) is 0.482. The maximum absolute atomic E-state index is 13.7. The van der Waals surface area contributed by atoms with Crippen molar-refractivity contribution in [1.82, 2.24) is 0 Å². The van der Waals surface area contributed by atoms with E-state index in [-0.39, 0.29) is 5.69 Å². The molecule has 130 valence electrons. The molecule has 2 aromatic rings. The Balaban J connectivity index is 1.82. The summed E-state index contributed by atoms with van der Waals surface area (Å²) in [6.07, 6.45) is -0.815. The fourth-order valence-corrected chi connectivity index (χ4v) is 2.31. The van der Waals surface area contributed by atoms with Gasteiger partial charge in [-0.05, 0) is 30.3 Å². The van der Waals surface area contributed by atoms with Crippen LogP contribution >= 0.6 is 0 Å². The van der Waals surface area contributed by atoms with Crippen LogP contribution in [0.25, 0.3) is 0 Å². The van der Waals surface area contributed by atoms with E-state index >= 15 is 0 Å². The number of nitrogens with one attached hydrogen (secondary N) is 2. The van der Waals surface area contributed by atoms with E-state index in [1.807, 2.05) is 0 Å². The standard InChI is InChI=1S/C17H15FN2O5/c1-23-17(22)20-13-9-10(5-6-12(13)18)19-16(21)11-3-2-4-14-15(11)25-8-7-24-14/h2-6,9H,7-8H2,1H3,(H,19,21)(H,20,22). The molecule has 0 bridgehead atoms. The van der Waals surface area contributed by atoms with Crippen LogP contribution in [-0.4, -0.2) is 32.3 Å². The van der Waals surface area contributed by atoms with Gasteiger partial charge < -0.3 is 19.5 Å². The number of amides is 2. The molecule has 0 aliphatic carbocycles. The van der Waals surface area contributed by atoms with Crippen molar-refractivity contribution in [3.8, 4) is 11.5 Å². The third-order valence-electron chi connectivity index (χ3n) is 3.46. The van der Waals surface area contributed by atoms with Crippen molar-refractivity contribution in [2.24, 2.45) is 0 Å². The summed E-state index contributed by atoms with van der Waals surface area (Å²) in [5.74, 6) is -0.248. The minimum atomic E-state index is -0.815. The second-order valence-corrected chi connectivity index (χ2v) is 5.10. The molecule has 1 aliphatic rings. The lowest BCUT2D eigenvalue weighted by Gasteiger charge is -2.20.